The fraction of sp³-hybridized carbons (Fsp3) is 0.440. The smallest absolute Gasteiger partial charge is 0.231 e. The molecule has 1 amide bonds. The number of amides is 1. The van der Waals surface area contributed by atoms with Crippen molar-refractivity contribution < 1.29 is 9.59 Å². The summed E-state index contributed by atoms with van der Waals surface area (Å²) in [7, 11) is 0. The molecule has 3 nitrogen and oxygen atoms in total. The van der Waals surface area contributed by atoms with Crippen molar-refractivity contribution in [2.75, 3.05) is 0 Å². The first-order valence-corrected chi connectivity index (χ1v) is 11.3. The number of Topliss-reactive ketones (excluding diaryl/α,β-unsaturated/α-hetero) is 1. The first kappa shape index (κ1) is 21.8. The summed E-state index contributed by atoms with van der Waals surface area (Å²) in [5.74, 6) is 0.133. The number of unbranched alkanes of at least 4 members (excludes halogenated alkanes) is 1. The quantitative estimate of drug-likeness (QED) is 0.508. The first-order valence-electron chi connectivity index (χ1n) is 10.5. The van der Waals surface area contributed by atoms with Gasteiger partial charge in [-0.15, -0.1) is 0 Å². The molecule has 2 aromatic rings. The van der Waals surface area contributed by atoms with Gasteiger partial charge in [0.15, 0.2) is 0 Å². The second-order valence-corrected chi connectivity index (χ2v) is 9.53. The fourth-order valence-corrected chi connectivity index (χ4v) is 4.78. The van der Waals surface area contributed by atoms with E-state index in [4.69, 9.17) is 0 Å². The van der Waals surface area contributed by atoms with Gasteiger partial charge >= 0.3 is 0 Å². The third-order valence-electron chi connectivity index (χ3n) is 6.15. The topological polar surface area (TPSA) is 46.2 Å². The predicted molar refractivity (Wildman–Crippen MR) is 121 cm³/mol. The highest BCUT2D eigenvalue weighted by Crippen LogP contribution is 2.44. The third-order valence-corrected chi connectivity index (χ3v) is 6.64. The van der Waals surface area contributed by atoms with Crippen LogP contribution in [0, 0.1) is 0 Å². The number of nitrogens with one attached hydrogen (secondary N) is 1. The number of carbonyl (C=O) groups is 2. The maximum Gasteiger partial charge on any atom is 0.231 e. The largest absolute Gasteiger partial charge is 0.346 e. The van der Waals surface area contributed by atoms with Crippen LogP contribution in [0.5, 0.6) is 0 Å². The van der Waals surface area contributed by atoms with E-state index in [1.165, 1.54) is 5.56 Å². The lowest BCUT2D eigenvalue weighted by Gasteiger charge is -2.44. The zero-order valence-electron chi connectivity index (χ0n) is 17.6. The highest BCUT2D eigenvalue weighted by molar-refractivity contribution is 9.10. The fourth-order valence-electron chi connectivity index (χ4n) is 4.42. The molecule has 0 aromatic heterocycles. The number of carbonyl (C=O) groups excluding carboxylic acids is 2. The van der Waals surface area contributed by atoms with Crippen molar-refractivity contribution >= 4 is 27.6 Å². The van der Waals surface area contributed by atoms with Crippen molar-refractivity contribution in [2.24, 2.45) is 0 Å². The van der Waals surface area contributed by atoms with Crippen molar-refractivity contribution in [3.63, 3.8) is 0 Å². The van der Waals surface area contributed by atoms with E-state index in [1.54, 1.807) is 0 Å². The number of hydrogen-bond donors (Lipinski definition) is 1. The van der Waals surface area contributed by atoms with E-state index in [2.05, 4.69) is 39.4 Å². The summed E-state index contributed by atoms with van der Waals surface area (Å²) in [6.45, 7) is 6.04. The van der Waals surface area contributed by atoms with E-state index in [1.807, 2.05) is 51.1 Å². The second kappa shape index (κ2) is 8.83. The van der Waals surface area contributed by atoms with Crippen molar-refractivity contribution in [3.05, 3.63) is 69.7 Å². The Morgan fingerprint density at radius 1 is 1.03 bits per heavy atom. The number of ketones is 1. The Bertz CT molecular complexity index is 891. The average Bonchev–Trinajstić information content (AvgIpc) is 2.69. The molecule has 29 heavy (non-hydrogen) atoms. The van der Waals surface area contributed by atoms with Gasteiger partial charge in [0.25, 0.3) is 0 Å². The zero-order valence-corrected chi connectivity index (χ0v) is 19.1. The summed E-state index contributed by atoms with van der Waals surface area (Å²) < 4.78 is 0.940. The summed E-state index contributed by atoms with van der Waals surface area (Å²) in [6.07, 6.45) is 4.21. The van der Waals surface area contributed by atoms with E-state index in [0.29, 0.717) is 12.8 Å². The molecule has 1 aliphatic rings. The predicted octanol–water partition coefficient (Wildman–Crippen LogP) is 5.83. The van der Waals surface area contributed by atoms with Crippen LogP contribution in [0.15, 0.2) is 53.0 Å². The molecular formula is C25H30BrNO2. The Hall–Kier alpha value is -1.94. The summed E-state index contributed by atoms with van der Waals surface area (Å²) in [5.41, 5.74) is 2.16. The molecule has 2 aromatic carbocycles. The molecule has 1 N–H and O–H groups in total. The third kappa shape index (κ3) is 4.63. The van der Waals surface area contributed by atoms with Gasteiger partial charge in [-0.1, -0.05) is 59.3 Å². The molecule has 0 saturated carbocycles. The maximum atomic E-state index is 13.2. The van der Waals surface area contributed by atoms with Crippen molar-refractivity contribution in [1.29, 1.82) is 0 Å². The van der Waals surface area contributed by atoms with Crippen LogP contribution in [0.25, 0.3) is 0 Å². The highest BCUT2D eigenvalue weighted by Gasteiger charge is 2.48. The number of fused-ring (bicyclic) bond motifs is 1. The standard InChI is InChI=1S/C25H30BrNO2/c1-4-25(17-20(28)13-9-8-12-18-10-6-5-7-11-18)22-16-19(26)14-15-21(22)24(2,3)27-23(25)29/h5-7,10-11,14-16H,4,8-9,12-13,17H2,1-3H3,(H,27,29). The highest BCUT2D eigenvalue weighted by atomic mass is 79.9. The summed E-state index contributed by atoms with van der Waals surface area (Å²) in [4.78, 5) is 26.1. The van der Waals surface area contributed by atoms with Gasteiger partial charge in [0, 0.05) is 17.3 Å². The molecular weight excluding hydrogens is 426 g/mol. The van der Waals surface area contributed by atoms with E-state index >= 15 is 0 Å². The molecule has 1 aliphatic heterocycles. The van der Waals surface area contributed by atoms with Gasteiger partial charge in [0.2, 0.25) is 5.91 Å². The van der Waals surface area contributed by atoms with Gasteiger partial charge in [-0.25, -0.2) is 0 Å². The van der Waals surface area contributed by atoms with E-state index in [0.717, 1.165) is 34.9 Å². The average molecular weight is 456 g/mol. The summed E-state index contributed by atoms with van der Waals surface area (Å²) in [5, 5.41) is 3.16. The zero-order chi connectivity index (χ0) is 21.1. The molecule has 0 saturated heterocycles. The lowest BCUT2D eigenvalue weighted by molar-refractivity contribution is -0.134. The van der Waals surface area contributed by atoms with Gasteiger partial charge in [0.05, 0.1) is 11.0 Å². The Balaban J connectivity index is 1.72. The minimum absolute atomic E-state index is 0.0340. The van der Waals surface area contributed by atoms with Gasteiger partial charge in [-0.3, -0.25) is 9.59 Å². The van der Waals surface area contributed by atoms with Gasteiger partial charge in [-0.05, 0) is 68.4 Å². The van der Waals surface area contributed by atoms with E-state index in [9.17, 15) is 9.59 Å². The number of halogens is 1. The number of benzene rings is 2. The maximum absolute atomic E-state index is 13.2. The van der Waals surface area contributed by atoms with Gasteiger partial charge in [-0.2, -0.15) is 0 Å². The molecule has 0 aliphatic carbocycles. The lowest BCUT2D eigenvalue weighted by Crippen LogP contribution is -2.57. The van der Waals surface area contributed by atoms with Crippen LogP contribution in [0.2, 0.25) is 0 Å². The van der Waals surface area contributed by atoms with Crippen LogP contribution in [0.1, 0.15) is 69.6 Å². The van der Waals surface area contributed by atoms with Crippen LogP contribution < -0.4 is 5.32 Å². The van der Waals surface area contributed by atoms with Gasteiger partial charge in [0.1, 0.15) is 5.78 Å². The van der Waals surface area contributed by atoms with Crippen molar-refractivity contribution in [1.82, 2.24) is 5.32 Å². The number of aryl methyl sites for hydroxylation is 1. The molecule has 0 bridgehead atoms. The molecule has 0 radical (unpaired) electrons. The Morgan fingerprint density at radius 3 is 2.45 bits per heavy atom. The SMILES string of the molecule is CCC1(CC(=O)CCCCc2ccccc2)C(=O)NC(C)(C)c2ccc(Br)cc21. The van der Waals surface area contributed by atoms with E-state index in [-0.39, 0.29) is 18.1 Å². The Morgan fingerprint density at radius 2 is 1.76 bits per heavy atom. The summed E-state index contributed by atoms with van der Waals surface area (Å²) >= 11 is 3.55. The van der Waals surface area contributed by atoms with Crippen LogP contribution in [-0.2, 0) is 27.0 Å². The molecule has 4 heteroatoms. The summed E-state index contributed by atoms with van der Waals surface area (Å²) in [6, 6.07) is 16.4. The minimum Gasteiger partial charge on any atom is -0.346 e. The molecule has 1 heterocycles. The second-order valence-electron chi connectivity index (χ2n) is 8.61. The van der Waals surface area contributed by atoms with Crippen molar-refractivity contribution in [2.45, 2.75) is 70.3 Å². The molecule has 1 atom stereocenters. The Labute approximate surface area is 182 Å². The van der Waals surface area contributed by atoms with Gasteiger partial charge < -0.3 is 5.32 Å². The Kier molecular flexibility index (Phi) is 6.62. The van der Waals surface area contributed by atoms with Crippen LogP contribution in [-0.4, -0.2) is 11.7 Å². The normalized spacial score (nSPS) is 20.1. The molecule has 3 rings (SSSR count). The number of hydrogen-bond acceptors (Lipinski definition) is 2. The lowest BCUT2D eigenvalue weighted by atomic mass is 9.66. The molecule has 0 spiro atoms. The monoisotopic (exact) mass is 455 g/mol. The van der Waals surface area contributed by atoms with Crippen LogP contribution in [0.4, 0.5) is 0 Å². The molecule has 154 valence electrons. The first-order chi connectivity index (χ1) is 13.8. The van der Waals surface area contributed by atoms with Crippen LogP contribution >= 0.6 is 15.9 Å². The molecule has 1 unspecified atom stereocenters. The van der Waals surface area contributed by atoms with Crippen molar-refractivity contribution in [3.8, 4) is 0 Å². The van der Waals surface area contributed by atoms with Crippen LogP contribution in [0.3, 0.4) is 0 Å². The van der Waals surface area contributed by atoms with E-state index < -0.39 is 11.0 Å². The minimum atomic E-state index is -0.787. The number of rotatable bonds is 8. The molecule has 0 fully saturated rings.